The largest absolute Gasteiger partial charge is 0.390 e. The summed E-state index contributed by atoms with van der Waals surface area (Å²) in [7, 11) is 0. The summed E-state index contributed by atoms with van der Waals surface area (Å²) < 4.78 is 36.2. The van der Waals surface area contributed by atoms with Gasteiger partial charge in [-0.2, -0.15) is 13.2 Å². The highest BCUT2D eigenvalue weighted by atomic mass is 32.1. The summed E-state index contributed by atoms with van der Waals surface area (Å²) in [6, 6.07) is 1.86. The Morgan fingerprint density at radius 1 is 1.47 bits per heavy atom. The number of nitrogens with zero attached hydrogens (tertiary/aromatic N) is 2. The van der Waals surface area contributed by atoms with Crippen molar-refractivity contribution >= 4 is 22.6 Å². The fraction of sp³-hybridized carbons (Fsp3) is 0.444. The van der Waals surface area contributed by atoms with E-state index in [4.69, 9.17) is 0 Å². The molecule has 0 aromatic carbocycles. The van der Waals surface area contributed by atoms with Gasteiger partial charge in [0.15, 0.2) is 0 Å². The zero-order valence-electron chi connectivity index (χ0n) is 7.79. The van der Waals surface area contributed by atoms with Gasteiger partial charge in [-0.3, -0.25) is 4.99 Å². The van der Waals surface area contributed by atoms with E-state index in [9.17, 15) is 13.2 Å². The molecule has 0 radical (unpaired) electrons. The molecule has 0 spiro atoms. The first kappa shape index (κ1) is 10.5. The van der Waals surface area contributed by atoms with Crippen LogP contribution in [0.25, 0.3) is 0 Å². The van der Waals surface area contributed by atoms with E-state index in [1.54, 1.807) is 11.1 Å². The Bertz CT molecular complexity index is 370. The molecule has 1 aromatic rings. The first-order valence-corrected chi connectivity index (χ1v) is 5.33. The molecule has 0 amide bonds. The van der Waals surface area contributed by atoms with Gasteiger partial charge in [0.25, 0.3) is 0 Å². The van der Waals surface area contributed by atoms with Crippen molar-refractivity contribution in [1.82, 2.24) is 0 Å². The van der Waals surface area contributed by atoms with Crippen molar-refractivity contribution in [2.24, 2.45) is 4.99 Å². The van der Waals surface area contributed by atoms with Gasteiger partial charge in [0.1, 0.15) is 11.7 Å². The van der Waals surface area contributed by atoms with Crippen LogP contribution in [0.5, 0.6) is 0 Å². The minimum absolute atomic E-state index is 0.0195. The maximum atomic E-state index is 12.1. The number of anilines is 1. The molecule has 1 aliphatic heterocycles. The van der Waals surface area contributed by atoms with Gasteiger partial charge in [-0.15, -0.1) is 11.3 Å². The predicted molar refractivity (Wildman–Crippen MR) is 54.8 cm³/mol. The Hall–Kier alpha value is -1.04. The maximum Gasteiger partial charge on any atom is 0.390 e. The second-order valence-corrected chi connectivity index (χ2v) is 4.16. The normalized spacial score (nSPS) is 15.5. The first-order valence-electron chi connectivity index (χ1n) is 4.45. The summed E-state index contributed by atoms with van der Waals surface area (Å²) in [6.07, 6.45) is -3.19. The summed E-state index contributed by atoms with van der Waals surface area (Å²) in [5.41, 5.74) is 0.911. The molecule has 2 rings (SSSR count). The second-order valence-electron chi connectivity index (χ2n) is 3.26. The zero-order valence-corrected chi connectivity index (χ0v) is 8.61. The third-order valence-corrected chi connectivity index (χ3v) is 3.10. The van der Waals surface area contributed by atoms with Crippen LogP contribution < -0.4 is 4.90 Å². The van der Waals surface area contributed by atoms with Crippen LogP contribution in [0.3, 0.4) is 0 Å². The van der Waals surface area contributed by atoms with Crippen molar-refractivity contribution in [2.45, 2.75) is 12.6 Å². The van der Waals surface area contributed by atoms with Gasteiger partial charge in [-0.1, -0.05) is 0 Å². The van der Waals surface area contributed by atoms with E-state index in [0.29, 0.717) is 6.67 Å². The highest BCUT2D eigenvalue weighted by Crippen LogP contribution is 2.30. The Morgan fingerprint density at radius 3 is 3.00 bits per heavy atom. The van der Waals surface area contributed by atoms with Crippen LogP contribution in [0, 0.1) is 0 Å². The Balaban J connectivity index is 2.04. The number of hydrogen-bond acceptors (Lipinski definition) is 3. The predicted octanol–water partition coefficient (Wildman–Crippen LogP) is 2.90. The van der Waals surface area contributed by atoms with E-state index in [-0.39, 0.29) is 6.54 Å². The summed E-state index contributed by atoms with van der Waals surface area (Å²) in [6.45, 7) is 0.304. The van der Waals surface area contributed by atoms with Crippen LogP contribution in [-0.4, -0.2) is 25.6 Å². The molecule has 0 saturated heterocycles. The minimum atomic E-state index is -4.10. The molecule has 1 aliphatic rings. The molecule has 0 aliphatic carbocycles. The number of fused-ring (bicyclic) bond motifs is 1. The maximum absolute atomic E-state index is 12.1. The molecule has 15 heavy (non-hydrogen) atoms. The number of hydrogen-bond donors (Lipinski definition) is 0. The third-order valence-electron chi connectivity index (χ3n) is 2.11. The van der Waals surface area contributed by atoms with Gasteiger partial charge in [-0.05, 0) is 11.4 Å². The van der Waals surface area contributed by atoms with Gasteiger partial charge < -0.3 is 4.90 Å². The van der Waals surface area contributed by atoms with E-state index in [0.717, 1.165) is 10.6 Å². The average molecular weight is 234 g/mol. The summed E-state index contributed by atoms with van der Waals surface area (Å²) in [5, 5.41) is 2.75. The van der Waals surface area contributed by atoms with Gasteiger partial charge in [0, 0.05) is 18.3 Å². The summed E-state index contributed by atoms with van der Waals surface area (Å²) in [5.74, 6) is 0. The van der Waals surface area contributed by atoms with Gasteiger partial charge in [-0.25, -0.2) is 0 Å². The molecular weight excluding hydrogens is 225 g/mol. The molecule has 0 fully saturated rings. The SMILES string of the molecule is FC(F)(F)CCN1CN=Cc2ccsc21. The van der Waals surface area contributed by atoms with Crippen LogP contribution in [0.2, 0.25) is 0 Å². The van der Waals surface area contributed by atoms with Crippen molar-refractivity contribution < 1.29 is 13.2 Å². The molecule has 0 bridgehead atoms. The lowest BCUT2D eigenvalue weighted by molar-refractivity contribution is -0.132. The van der Waals surface area contributed by atoms with Crippen molar-refractivity contribution in [1.29, 1.82) is 0 Å². The van der Waals surface area contributed by atoms with Gasteiger partial charge >= 0.3 is 6.18 Å². The molecule has 82 valence electrons. The second kappa shape index (κ2) is 3.84. The van der Waals surface area contributed by atoms with Crippen molar-refractivity contribution in [3.63, 3.8) is 0 Å². The van der Waals surface area contributed by atoms with Crippen molar-refractivity contribution in [3.05, 3.63) is 17.0 Å². The minimum Gasteiger partial charge on any atom is -0.343 e. The number of thiophene rings is 1. The number of halogens is 3. The fourth-order valence-corrected chi connectivity index (χ4v) is 2.30. The lowest BCUT2D eigenvalue weighted by atomic mass is 10.3. The average Bonchev–Trinajstić information content (AvgIpc) is 2.61. The van der Waals surface area contributed by atoms with Crippen LogP contribution in [0.1, 0.15) is 12.0 Å². The highest BCUT2D eigenvalue weighted by Gasteiger charge is 2.28. The standard InChI is InChI=1S/C9H9F3N2S/c10-9(11,12)2-3-14-6-13-5-7-1-4-15-8(7)14/h1,4-5H,2-3,6H2. The Kier molecular flexibility index (Phi) is 2.68. The Labute approximate surface area is 89.0 Å². The zero-order chi connectivity index (χ0) is 10.9. The fourth-order valence-electron chi connectivity index (χ4n) is 1.40. The number of alkyl halides is 3. The van der Waals surface area contributed by atoms with Gasteiger partial charge in [0.2, 0.25) is 0 Å². The van der Waals surface area contributed by atoms with E-state index >= 15 is 0 Å². The smallest absolute Gasteiger partial charge is 0.343 e. The highest BCUT2D eigenvalue weighted by molar-refractivity contribution is 7.14. The topological polar surface area (TPSA) is 15.6 Å². The Morgan fingerprint density at radius 2 is 2.27 bits per heavy atom. The van der Waals surface area contributed by atoms with Crippen LogP contribution >= 0.6 is 11.3 Å². The quantitative estimate of drug-likeness (QED) is 0.768. The van der Waals surface area contributed by atoms with Gasteiger partial charge in [0.05, 0.1) is 6.42 Å². The van der Waals surface area contributed by atoms with E-state index in [1.165, 1.54) is 11.3 Å². The number of aliphatic imine (C=N–C) groups is 1. The number of rotatable bonds is 2. The molecule has 0 N–H and O–H groups in total. The molecule has 2 heterocycles. The molecule has 0 unspecified atom stereocenters. The lowest BCUT2D eigenvalue weighted by Gasteiger charge is -2.25. The summed E-state index contributed by atoms with van der Waals surface area (Å²) in [4.78, 5) is 5.67. The molecule has 0 saturated carbocycles. The lowest BCUT2D eigenvalue weighted by Crippen LogP contribution is -2.30. The van der Waals surface area contributed by atoms with Crippen molar-refractivity contribution in [3.8, 4) is 0 Å². The first-order chi connectivity index (χ1) is 7.06. The van der Waals surface area contributed by atoms with E-state index < -0.39 is 12.6 Å². The molecule has 0 atom stereocenters. The molecule has 1 aromatic heterocycles. The molecular formula is C9H9F3N2S. The van der Waals surface area contributed by atoms with E-state index in [1.807, 2.05) is 11.4 Å². The van der Waals surface area contributed by atoms with Crippen molar-refractivity contribution in [2.75, 3.05) is 18.1 Å². The van der Waals surface area contributed by atoms with E-state index in [2.05, 4.69) is 4.99 Å². The summed E-state index contributed by atoms with van der Waals surface area (Å²) >= 11 is 1.45. The third kappa shape index (κ3) is 2.50. The monoisotopic (exact) mass is 234 g/mol. The van der Waals surface area contributed by atoms with Crippen LogP contribution in [-0.2, 0) is 0 Å². The molecule has 6 heteroatoms. The van der Waals surface area contributed by atoms with Crippen LogP contribution in [0.4, 0.5) is 18.2 Å². The molecule has 2 nitrogen and oxygen atoms in total. The van der Waals surface area contributed by atoms with Crippen LogP contribution in [0.15, 0.2) is 16.4 Å².